The van der Waals surface area contributed by atoms with E-state index in [1.54, 1.807) is 0 Å². The minimum atomic E-state index is 0.722. The third kappa shape index (κ3) is 4.24. The lowest BCUT2D eigenvalue weighted by Gasteiger charge is -2.04. The van der Waals surface area contributed by atoms with Crippen molar-refractivity contribution in [1.82, 2.24) is 10.1 Å². The SMILES string of the molecule is Nc1cccc(CCc2nc(CSC3CCCC3)no2)c1. The number of nitrogen functional groups attached to an aromatic ring is 1. The molecule has 1 aromatic heterocycles. The van der Waals surface area contributed by atoms with Crippen molar-refractivity contribution in [3.05, 3.63) is 41.5 Å². The Kier molecular flexibility index (Phi) is 4.80. The predicted octanol–water partition coefficient (Wildman–Crippen LogP) is 3.61. The van der Waals surface area contributed by atoms with Crippen molar-refractivity contribution in [2.75, 3.05) is 5.73 Å². The highest BCUT2D eigenvalue weighted by Crippen LogP contribution is 2.30. The third-order valence-electron chi connectivity index (χ3n) is 3.84. The van der Waals surface area contributed by atoms with E-state index in [9.17, 15) is 0 Å². The maximum absolute atomic E-state index is 5.78. The van der Waals surface area contributed by atoms with Crippen molar-refractivity contribution in [3.8, 4) is 0 Å². The van der Waals surface area contributed by atoms with Crippen LogP contribution >= 0.6 is 11.8 Å². The fourth-order valence-corrected chi connectivity index (χ4v) is 3.87. The second kappa shape index (κ2) is 6.98. The van der Waals surface area contributed by atoms with Crippen molar-refractivity contribution in [3.63, 3.8) is 0 Å². The Hall–Kier alpha value is -1.49. The van der Waals surface area contributed by atoms with Gasteiger partial charge in [0, 0.05) is 17.4 Å². The average molecular weight is 303 g/mol. The Balaban J connectivity index is 1.48. The summed E-state index contributed by atoms with van der Waals surface area (Å²) in [5.74, 6) is 2.42. The molecular formula is C16H21N3OS. The van der Waals surface area contributed by atoms with Gasteiger partial charge in [0.15, 0.2) is 5.82 Å². The van der Waals surface area contributed by atoms with Crippen molar-refractivity contribution >= 4 is 17.4 Å². The number of nitrogens with zero attached hydrogens (tertiary/aromatic N) is 2. The number of hydrogen-bond acceptors (Lipinski definition) is 5. The van der Waals surface area contributed by atoms with Gasteiger partial charge in [-0.1, -0.05) is 30.1 Å². The van der Waals surface area contributed by atoms with Crippen LogP contribution < -0.4 is 5.73 Å². The molecule has 1 aliphatic carbocycles. The Bertz CT molecular complexity index is 578. The summed E-state index contributed by atoms with van der Waals surface area (Å²) in [5, 5.41) is 4.87. The fraction of sp³-hybridized carbons (Fsp3) is 0.500. The first-order valence-electron chi connectivity index (χ1n) is 7.57. The number of nitrogens with two attached hydrogens (primary N) is 1. The molecular weight excluding hydrogens is 282 g/mol. The number of rotatable bonds is 6. The summed E-state index contributed by atoms with van der Waals surface area (Å²) in [6.45, 7) is 0. The molecule has 1 saturated carbocycles. The van der Waals surface area contributed by atoms with Crippen molar-refractivity contribution in [2.24, 2.45) is 0 Å². The lowest BCUT2D eigenvalue weighted by molar-refractivity contribution is 0.374. The number of aryl methyl sites for hydroxylation is 2. The Morgan fingerprint density at radius 2 is 2.10 bits per heavy atom. The maximum atomic E-state index is 5.78. The van der Waals surface area contributed by atoms with Gasteiger partial charge in [0.2, 0.25) is 5.89 Å². The van der Waals surface area contributed by atoms with Gasteiger partial charge in [-0.3, -0.25) is 0 Å². The molecule has 1 aromatic carbocycles. The predicted molar refractivity (Wildman–Crippen MR) is 86.1 cm³/mol. The minimum absolute atomic E-state index is 0.722. The second-order valence-corrected chi connectivity index (χ2v) is 6.86. The fourth-order valence-electron chi connectivity index (χ4n) is 2.70. The van der Waals surface area contributed by atoms with Crippen LogP contribution in [0.5, 0.6) is 0 Å². The maximum Gasteiger partial charge on any atom is 0.227 e. The van der Waals surface area contributed by atoms with Crippen molar-refractivity contribution in [2.45, 2.75) is 49.5 Å². The highest BCUT2D eigenvalue weighted by Gasteiger charge is 2.16. The van der Waals surface area contributed by atoms with E-state index < -0.39 is 0 Å². The van der Waals surface area contributed by atoms with Crippen LogP contribution in [-0.4, -0.2) is 15.4 Å². The molecule has 2 aromatic rings. The quantitative estimate of drug-likeness (QED) is 0.826. The molecule has 0 unspecified atom stereocenters. The van der Waals surface area contributed by atoms with E-state index in [2.05, 4.69) is 16.2 Å². The first kappa shape index (κ1) is 14.4. The molecule has 0 saturated heterocycles. The minimum Gasteiger partial charge on any atom is -0.399 e. The lowest BCUT2D eigenvalue weighted by Crippen LogP contribution is -1.96. The Morgan fingerprint density at radius 3 is 2.90 bits per heavy atom. The summed E-state index contributed by atoms with van der Waals surface area (Å²) in [5.41, 5.74) is 7.78. The standard InChI is InChI=1S/C16H21N3OS/c17-13-5-3-4-12(10-13)8-9-16-18-15(19-20-16)11-21-14-6-1-2-7-14/h3-5,10,14H,1-2,6-9,11,17H2. The van der Waals surface area contributed by atoms with Crippen LogP contribution in [0.3, 0.4) is 0 Å². The molecule has 1 aliphatic rings. The number of hydrogen-bond donors (Lipinski definition) is 1. The number of benzene rings is 1. The highest BCUT2D eigenvalue weighted by molar-refractivity contribution is 7.99. The van der Waals surface area contributed by atoms with E-state index >= 15 is 0 Å². The van der Waals surface area contributed by atoms with E-state index in [4.69, 9.17) is 10.3 Å². The lowest BCUT2D eigenvalue weighted by atomic mass is 10.1. The molecule has 0 spiro atoms. The van der Waals surface area contributed by atoms with Crippen molar-refractivity contribution < 1.29 is 4.52 Å². The summed E-state index contributed by atoms with van der Waals surface area (Å²) in [6, 6.07) is 7.94. The number of thioether (sulfide) groups is 1. The van der Waals surface area contributed by atoms with Crippen LogP contribution in [0.25, 0.3) is 0 Å². The molecule has 1 heterocycles. The topological polar surface area (TPSA) is 64.9 Å². The second-order valence-electron chi connectivity index (χ2n) is 5.57. The zero-order valence-electron chi connectivity index (χ0n) is 12.1. The van der Waals surface area contributed by atoms with Gasteiger partial charge in [0.1, 0.15) is 0 Å². The first-order chi connectivity index (χ1) is 10.3. The molecule has 0 radical (unpaired) electrons. The van der Waals surface area contributed by atoms with Crippen LogP contribution in [0.2, 0.25) is 0 Å². The van der Waals surface area contributed by atoms with Gasteiger partial charge >= 0.3 is 0 Å². The van der Waals surface area contributed by atoms with Gasteiger partial charge in [-0.05, 0) is 37.0 Å². The molecule has 3 rings (SSSR count). The van der Waals surface area contributed by atoms with Gasteiger partial charge in [-0.2, -0.15) is 16.7 Å². The normalized spacial score (nSPS) is 15.6. The van der Waals surface area contributed by atoms with Gasteiger partial charge in [0.05, 0.1) is 5.75 Å². The molecule has 4 nitrogen and oxygen atoms in total. The molecule has 5 heteroatoms. The molecule has 2 N–H and O–H groups in total. The summed E-state index contributed by atoms with van der Waals surface area (Å²) in [6.07, 6.45) is 7.06. The van der Waals surface area contributed by atoms with Crippen molar-refractivity contribution in [1.29, 1.82) is 0 Å². The van der Waals surface area contributed by atoms with E-state index in [-0.39, 0.29) is 0 Å². The number of aromatic nitrogens is 2. The van der Waals surface area contributed by atoms with E-state index in [1.165, 1.54) is 31.2 Å². The smallest absolute Gasteiger partial charge is 0.227 e. The van der Waals surface area contributed by atoms with Crippen LogP contribution in [-0.2, 0) is 18.6 Å². The Labute approximate surface area is 129 Å². The molecule has 1 fully saturated rings. The first-order valence-corrected chi connectivity index (χ1v) is 8.62. The van der Waals surface area contributed by atoms with E-state index in [0.717, 1.165) is 41.2 Å². The van der Waals surface area contributed by atoms with E-state index in [0.29, 0.717) is 0 Å². The summed E-state index contributed by atoms with van der Waals surface area (Å²) < 4.78 is 5.33. The largest absolute Gasteiger partial charge is 0.399 e. The van der Waals surface area contributed by atoms with Crippen LogP contribution in [0.15, 0.2) is 28.8 Å². The van der Waals surface area contributed by atoms with Gasteiger partial charge in [0.25, 0.3) is 0 Å². The molecule has 0 bridgehead atoms. The van der Waals surface area contributed by atoms with Gasteiger partial charge in [-0.15, -0.1) is 0 Å². The van der Waals surface area contributed by atoms with Crippen LogP contribution in [0.4, 0.5) is 5.69 Å². The van der Waals surface area contributed by atoms with Gasteiger partial charge < -0.3 is 10.3 Å². The summed E-state index contributed by atoms with van der Waals surface area (Å²) in [7, 11) is 0. The third-order valence-corrected chi connectivity index (χ3v) is 5.21. The van der Waals surface area contributed by atoms with Crippen LogP contribution in [0, 0.1) is 0 Å². The monoisotopic (exact) mass is 303 g/mol. The number of anilines is 1. The summed E-state index contributed by atoms with van der Waals surface area (Å²) >= 11 is 1.97. The molecule has 0 atom stereocenters. The van der Waals surface area contributed by atoms with E-state index in [1.807, 2.05) is 30.0 Å². The molecule has 112 valence electrons. The average Bonchev–Trinajstić information content (AvgIpc) is 3.15. The summed E-state index contributed by atoms with van der Waals surface area (Å²) in [4.78, 5) is 4.48. The molecule has 0 amide bonds. The molecule has 21 heavy (non-hydrogen) atoms. The van der Waals surface area contributed by atoms with Gasteiger partial charge in [-0.25, -0.2) is 0 Å². The zero-order chi connectivity index (χ0) is 14.5. The highest BCUT2D eigenvalue weighted by atomic mass is 32.2. The van der Waals surface area contributed by atoms with Crippen LogP contribution in [0.1, 0.15) is 43.0 Å². The zero-order valence-corrected chi connectivity index (χ0v) is 12.9. The molecule has 0 aliphatic heterocycles. The Morgan fingerprint density at radius 1 is 1.24 bits per heavy atom.